The number of methoxy groups -OCH3 is 1. The average Bonchev–Trinajstić information content (AvgIpc) is 3.50. The van der Waals surface area contributed by atoms with Crippen LogP contribution in [-0.4, -0.2) is 73.6 Å². The van der Waals surface area contributed by atoms with Crippen molar-refractivity contribution in [2.75, 3.05) is 58.3 Å². The van der Waals surface area contributed by atoms with Gasteiger partial charge in [0.25, 0.3) is 0 Å². The van der Waals surface area contributed by atoms with E-state index in [-0.39, 0.29) is 0 Å². The van der Waals surface area contributed by atoms with Crippen LogP contribution >= 0.6 is 11.3 Å². The number of piperazine rings is 1. The van der Waals surface area contributed by atoms with E-state index in [0.29, 0.717) is 0 Å². The normalized spacial score (nSPS) is 17.3. The van der Waals surface area contributed by atoms with Crippen LogP contribution in [0.4, 0.5) is 5.00 Å². The molecule has 0 amide bonds. The van der Waals surface area contributed by atoms with E-state index in [1.165, 1.54) is 32.7 Å². The van der Waals surface area contributed by atoms with Gasteiger partial charge >= 0.3 is 0 Å². The van der Waals surface area contributed by atoms with Gasteiger partial charge in [-0.25, -0.2) is 4.98 Å². The van der Waals surface area contributed by atoms with Gasteiger partial charge in [0, 0.05) is 68.8 Å². The Balaban J connectivity index is 1.32. The van der Waals surface area contributed by atoms with Crippen molar-refractivity contribution in [2.45, 2.75) is 19.8 Å². The molecule has 0 saturated carbocycles. The Kier molecular flexibility index (Phi) is 6.75. The van der Waals surface area contributed by atoms with Crippen LogP contribution in [0.1, 0.15) is 18.9 Å². The first-order chi connectivity index (χ1) is 16.2. The lowest BCUT2D eigenvalue weighted by molar-refractivity contribution is 0.109. The first-order valence-electron chi connectivity index (χ1n) is 11.7. The molecular formula is C25H31N5O2S. The molecule has 8 heteroatoms. The quantitative estimate of drug-likeness (QED) is 0.555. The molecular weight excluding hydrogens is 434 g/mol. The molecule has 0 radical (unpaired) electrons. The molecule has 3 aromatic rings. The molecule has 33 heavy (non-hydrogen) atoms. The second-order valence-electron chi connectivity index (χ2n) is 8.44. The minimum atomic E-state index is 0.796. The predicted octanol–water partition coefficient (Wildman–Crippen LogP) is 4.48. The Labute approximate surface area is 198 Å². The van der Waals surface area contributed by atoms with Crippen molar-refractivity contribution in [3.8, 4) is 11.3 Å². The summed E-state index contributed by atoms with van der Waals surface area (Å²) in [5.41, 5.74) is 3.79. The van der Waals surface area contributed by atoms with E-state index in [2.05, 4.69) is 51.3 Å². The largest absolute Gasteiger partial charge is 0.444 e. The van der Waals surface area contributed by atoms with Crippen molar-refractivity contribution < 1.29 is 9.15 Å². The number of anilines is 1. The monoisotopic (exact) mass is 465 g/mol. The van der Waals surface area contributed by atoms with E-state index < -0.39 is 0 Å². The lowest BCUT2D eigenvalue weighted by Gasteiger charge is -2.38. The number of aliphatic imine (C=N–C) groups is 1. The van der Waals surface area contributed by atoms with E-state index in [9.17, 15) is 0 Å². The fourth-order valence-corrected chi connectivity index (χ4v) is 5.84. The van der Waals surface area contributed by atoms with Crippen LogP contribution < -0.4 is 5.32 Å². The summed E-state index contributed by atoms with van der Waals surface area (Å²) in [6, 6.07) is 6.50. The number of nitrogens with zero attached hydrogens (tertiary/aromatic N) is 4. The number of amidine groups is 1. The van der Waals surface area contributed by atoms with Gasteiger partial charge in [-0.05, 0) is 29.5 Å². The number of thiophene rings is 1. The van der Waals surface area contributed by atoms with Gasteiger partial charge in [0.05, 0.1) is 17.8 Å². The van der Waals surface area contributed by atoms with E-state index in [4.69, 9.17) is 14.1 Å². The number of hydrogen-bond acceptors (Lipinski definition) is 8. The summed E-state index contributed by atoms with van der Waals surface area (Å²) in [5, 5.41) is 6.13. The molecule has 0 atom stereocenters. The highest BCUT2D eigenvalue weighted by molar-refractivity contribution is 7.23. The van der Waals surface area contributed by atoms with Crippen molar-refractivity contribution in [3.63, 3.8) is 0 Å². The number of benzene rings is 1. The van der Waals surface area contributed by atoms with Crippen LogP contribution in [0.3, 0.4) is 0 Å². The Morgan fingerprint density at radius 2 is 2.09 bits per heavy atom. The molecule has 1 N–H and O–H groups in total. The number of hydrogen-bond donors (Lipinski definition) is 1. The highest BCUT2D eigenvalue weighted by atomic mass is 32.1. The molecule has 0 spiro atoms. The van der Waals surface area contributed by atoms with E-state index >= 15 is 0 Å². The number of dihydropyridines is 1. The van der Waals surface area contributed by atoms with Crippen LogP contribution in [0.2, 0.25) is 0 Å². The van der Waals surface area contributed by atoms with Gasteiger partial charge in [-0.15, -0.1) is 11.3 Å². The second-order valence-corrected chi connectivity index (χ2v) is 9.49. The molecule has 1 saturated heterocycles. The second kappa shape index (κ2) is 10.1. The van der Waals surface area contributed by atoms with Gasteiger partial charge < -0.3 is 19.4 Å². The minimum absolute atomic E-state index is 0.796. The molecule has 0 bridgehead atoms. The average molecular weight is 466 g/mol. The number of rotatable bonds is 7. The summed E-state index contributed by atoms with van der Waals surface area (Å²) in [5.74, 6) is 1.76. The number of ether oxygens (including phenoxy) is 1. The summed E-state index contributed by atoms with van der Waals surface area (Å²) in [6.07, 6.45) is 7.46. The SMILES string of the molecule is CCc1c(NC2=NCCC(N3CCN(CCOC)CC3)=C2)sc2cc(-c3cnco3)ccc12. The standard InChI is InChI=1S/C25H31N5O2S/c1-3-20-21-5-4-18(22-16-26-17-32-22)14-23(21)33-25(20)28-24-15-19(6-7-27-24)30-10-8-29(9-11-30)12-13-31-2/h4-5,14-17H,3,6-13H2,1-2H3,(H,27,28). The lowest BCUT2D eigenvalue weighted by atomic mass is 10.1. The fraction of sp³-hybridized carbons (Fsp3) is 0.440. The summed E-state index contributed by atoms with van der Waals surface area (Å²) in [6.45, 7) is 9.17. The zero-order valence-electron chi connectivity index (χ0n) is 19.3. The summed E-state index contributed by atoms with van der Waals surface area (Å²) >= 11 is 1.78. The third-order valence-electron chi connectivity index (χ3n) is 6.45. The highest BCUT2D eigenvalue weighted by Crippen LogP contribution is 2.38. The van der Waals surface area contributed by atoms with Crippen molar-refractivity contribution in [1.29, 1.82) is 0 Å². The topological polar surface area (TPSA) is 66.1 Å². The maximum atomic E-state index is 5.49. The zero-order valence-corrected chi connectivity index (χ0v) is 20.2. The van der Waals surface area contributed by atoms with Crippen LogP contribution in [-0.2, 0) is 11.2 Å². The van der Waals surface area contributed by atoms with Crippen LogP contribution in [0.15, 0.2) is 52.0 Å². The number of aryl methyl sites for hydroxylation is 1. The van der Waals surface area contributed by atoms with Crippen molar-refractivity contribution in [2.24, 2.45) is 4.99 Å². The Morgan fingerprint density at radius 1 is 1.21 bits per heavy atom. The Bertz CT molecular complexity index is 1140. The molecule has 4 heterocycles. The van der Waals surface area contributed by atoms with Gasteiger partial charge in [0.15, 0.2) is 12.2 Å². The summed E-state index contributed by atoms with van der Waals surface area (Å²) < 4.78 is 12.0. The fourth-order valence-electron chi connectivity index (χ4n) is 4.60. The number of oxazole rings is 1. The smallest absolute Gasteiger partial charge is 0.181 e. The molecule has 1 aromatic carbocycles. The van der Waals surface area contributed by atoms with E-state index in [1.54, 1.807) is 24.6 Å². The van der Waals surface area contributed by atoms with Gasteiger partial charge in [0.1, 0.15) is 5.84 Å². The summed E-state index contributed by atoms with van der Waals surface area (Å²) in [7, 11) is 1.77. The maximum absolute atomic E-state index is 5.49. The lowest BCUT2D eigenvalue weighted by Crippen LogP contribution is -2.47. The molecule has 2 aliphatic heterocycles. The molecule has 0 aliphatic carbocycles. The molecule has 0 unspecified atom stereocenters. The molecule has 5 rings (SSSR count). The van der Waals surface area contributed by atoms with Gasteiger partial charge in [-0.2, -0.15) is 0 Å². The highest BCUT2D eigenvalue weighted by Gasteiger charge is 2.21. The van der Waals surface area contributed by atoms with Crippen LogP contribution in [0.25, 0.3) is 21.4 Å². The zero-order chi connectivity index (χ0) is 22.6. The third-order valence-corrected chi connectivity index (χ3v) is 7.56. The molecule has 2 aromatic heterocycles. The van der Waals surface area contributed by atoms with Crippen molar-refractivity contribution >= 4 is 32.3 Å². The van der Waals surface area contributed by atoms with Gasteiger partial charge in [0.2, 0.25) is 0 Å². The van der Waals surface area contributed by atoms with E-state index in [0.717, 1.165) is 75.9 Å². The number of nitrogens with one attached hydrogen (secondary N) is 1. The van der Waals surface area contributed by atoms with Crippen molar-refractivity contribution in [3.05, 3.63) is 48.1 Å². The Morgan fingerprint density at radius 3 is 2.85 bits per heavy atom. The molecule has 1 fully saturated rings. The molecule has 2 aliphatic rings. The van der Waals surface area contributed by atoms with E-state index in [1.807, 2.05) is 0 Å². The number of aromatic nitrogens is 1. The van der Waals surface area contributed by atoms with Gasteiger partial charge in [-0.3, -0.25) is 9.89 Å². The first kappa shape index (κ1) is 22.1. The summed E-state index contributed by atoms with van der Waals surface area (Å²) in [4.78, 5) is 13.8. The third kappa shape index (κ3) is 4.83. The maximum Gasteiger partial charge on any atom is 0.181 e. The first-order valence-corrected chi connectivity index (χ1v) is 12.5. The number of fused-ring (bicyclic) bond motifs is 1. The van der Waals surface area contributed by atoms with Crippen LogP contribution in [0.5, 0.6) is 0 Å². The molecule has 174 valence electrons. The van der Waals surface area contributed by atoms with Gasteiger partial charge in [-0.1, -0.05) is 19.1 Å². The minimum Gasteiger partial charge on any atom is -0.444 e. The predicted molar refractivity (Wildman–Crippen MR) is 135 cm³/mol. The van der Waals surface area contributed by atoms with Crippen LogP contribution in [0, 0.1) is 0 Å². The molecule has 7 nitrogen and oxygen atoms in total. The van der Waals surface area contributed by atoms with Crippen molar-refractivity contribution in [1.82, 2.24) is 14.8 Å². The Hall–Kier alpha value is -2.68.